The first-order valence-corrected chi connectivity index (χ1v) is 5.69. The fourth-order valence-electron chi connectivity index (χ4n) is 2.12. The molecule has 0 radical (unpaired) electrons. The lowest BCUT2D eigenvalue weighted by atomic mass is 9.98. The molecule has 2 heterocycles. The van der Waals surface area contributed by atoms with Crippen LogP contribution in [0.3, 0.4) is 0 Å². The van der Waals surface area contributed by atoms with E-state index < -0.39 is 0 Å². The van der Waals surface area contributed by atoms with Crippen molar-refractivity contribution in [1.29, 1.82) is 0 Å². The van der Waals surface area contributed by atoms with Gasteiger partial charge in [0.25, 0.3) is 0 Å². The van der Waals surface area contributed by atoms with Crippen molar-refractivity contribution in [2.45, 2.75) is 26.3 Å². The highest BCUT2D eigenvalue weighted by Crippen LogP contribution is 2.24. The number of nitrogens with zero attached hydrogens (tertiary/aromatic N) is 2. The zero-order chi connectivity index (χ0) is 10.7. The maximum absolute atomic E-state index is 5.73. The molecule has 0 unspecified atom stereocenters. The summed E-state index contributed by atoms with van der Waals surface area (Å²) < 4.78 is 0. The van der Waals surface area contributed by atoms with E-state index >= 15 is 0 Å². The van der Waals surface area contributed by atoms with Gasteiger partial charge in [-0.1, -0.05) is 6.92 Å². The second-order valence-electron chi connectivity index (χ2n) is 4.38. The minimum atomic E-state index is 0.601. The van der Waals surface area contributed by atoms with Gasteiger partial charge in [-0.15, -0.1) is 0 Å². The SMILES string of the molecule is CC1CCN(c2cnccc2CN)CC1. The van der Waals surface area contributed by atoms with Gasteiger partial charge >= 0.3 is 0 Å². The smallest absolute Gasteiger partial charge is 0.0598 e. The third-order valence-corrected chi connectivity index (χ3v) is 3.23. The average Bonchev–Trinajstić information content (AvgIpc) is 2.30. The van der Waals surface area contributed by atoms with Gasteiger partial charge in [0.15, 0.2) is 0 Å². The second-order valence-corrected chi connectivity index (χ2v) is 4.38. The zero-order valence-electron chi connectivity index (χ0n) is 9.32. The Morgan fingerprint density at radius 3 is 2.87 bits per heavy atom. The molecular formula is C12H19N3. The van der Waals surface area contributed by atoms with Crippen LogP contribution < -0.4 is 10.6 Å². The van der Waals surface area contributed by atoms with E-state index in [0.29, 0.717) is 6.54 Å². The first-order valence-electron chi connectivity index (χ1n) is 5.69. The summed E-state index contributed by atoms with van der Waals surface area (Å²) in [6.07, 6.45) is 6.31. The number of aromatic nitrogens is 1. The quantitative estimate of drug-likeness (QED) is 0.800. The molecule has 2 rings (SSSR count). The van der Waals surface area contributed by atoms with Crippen LogP contribution in [-0.2, 0) is 6.54 Å². The second kappa shape index (κ2) is 4.62. The molecule has 2 N–H and O–H groups in total. The highest BCUT2D eigenvalue weighted by Gasteiger charge is 2.17. The first-order chi connectivity index (χ1) is 7.31. The molecule has 0 amide bonds. The Morgan fingerprint density at radius 2 is 2.20 bits per heavy atom. The Balaban J connectivity index is 2.15. The monoisotopic (exact) mass is 205 g/mol. The number of anilines is 1. The van der Waals surface area contributed by atoms with Crippen LogP contribution in [0.15, 0.2) is 18.5 Å². The Morgan fingerprint density at radius 1 is 1.47 bits per heavy atom. The molecule has 1 aliphatic rings. The maximum atomic E-state index is 5.73. The third-order valence-electron chi connectivity index (χ3n) is 3.23. The Kier molecular flexibility index (Phi) is 3.21. The molecule has 15 heavy (non-hydrogen) atoms. The largest absolute Gasteiger partial charge is 0.370 e. The Labute approximate surface area is 91.3 Å². The molecule has 1 fully saturated rings. The molecule has 1 aromatic heterocycles. The van der Waals surface area contributed by atoms with Crippen molar-refractivity contribution in [3.63, 3.8) is 0 Å². The van der Waals surface area contributed by atoms with Crippen molar-refractivity contribution in [3.8, 4) is 0 Å². The first kappa shape index (κ1) is 10.4. The van der Waals surface area contributed by atoms with Crippen molar-refractivity contribution in [1.82, 2.24) is 4.98 Å². The number of rotatable bonds is 2. The van der Waals surface area contributed by atoms with Crippen LogP contribution in [-0.4, -0.2) is 18.1 Å². The number of nitrogens with two attached hydrogens (primary N) is 1. The minimum absolute atomic E-state index is 0.601. The molecular weight excluding hydrogens is 186 g/mol. The predicted molar refractivity (Wildman–Crippen MR) is 62.7 cm³/mol. The van der Waals surface area contributed by atoms with Crippen molar-refractivity contribution in [3.05, 3.63) is 24.0 Å². The van der Waals surface area contributed by atoms with Crippen LogP contribution in [0.5, 0.6) is 0 Å². The summed E-state index contributed by atoms with van der Waals surface area (Å²) in [6.45, 7) is 5.20. The van der Waals surface area contributed by atoms with Crippen LogP contribution in [0.2, 0.25) is 0 Å². The van der Waals surface area contributed by atoms with E-state index in [1.807, 2.05) is 18.5 Å². The van der Waals surface area contributed by atoms with Crippen molar-refractivity contribution < 1.29 is 0 Å². The molecule has 0 spiro atoms. The number of piperidine rings is 1. The van der Waals surface area contributed by atoms with Gasteiger partial charge in [0.1, 0.15) is 0 Å². The van der Waals surface area contributed by atoms with Crippen LogP contribution in [0.1, 0.15) is 25.3 Å². The van der Waals surface area contributed by atoms with Gasteiger partial charge in [-0.2, -0.15) is 0 Å². The van der Waals surface area contributed by atoms with Gasteiger partial charge in [-0.25, -0.2) is 0 Å². The van der Waals surface area contributed by atoms with E-state index in [2.05, 4.69) is 16.8 Å². The van der Waals surface area contributed by atoms with Gasteiger partial charge in [-0.3, -0.25) is 4.98 Å². The summed E-state index contributed by atoms with van der Waals surface area (Å²) in [5.74, 6) is 0.860. The van der Waals surface area contributed by atoms with Crippen molar-refractivity contribution in [2.75, 3.05) is 18.0 Å². The maximum Gasteiger partial charge on any atom is 0.0598 e. The van der Waals surface area contributed by atoms with Gasteiger partial charge in [0, 0.05) is 25.8 Å². The number of hydrogen-bond acceptors (Lipinski definition) is 3. The molecule has 0 aromatic carbocycles. The van der Waals surface area contributed by atoms with E-state index in [1.54, 1.807) is 0 Å². The summed E-state index contributed by atoms with van der Waals surface area (Å²) in [7, 11) is 0. The van der Waals surface area contributed by atoms with Crippen LogP contribution in [0.4, 0.5) is 5.69 Å². The standard InChI is InChI=1S/C12H19N3/c1-10-3-6-15(7-4-10)12-9-14-5-2-11(12)8-13/h2,5,9-10H,3-4,6-8,13H2,1H3. The Bertz CT molecular complexity index is 316. The number of pyridine rings is 1. The molecule has 3 heteroatoms. The lowest BCUT2D eigenvalue weighted by Crippen LogP contribution is -2.33. The third kappa shape index (κ3) is 2.29. The summed E-state index contributed by atoms with van der Waals surface area (Å²) in [6, 6.07) is 2.02. The van der Waals surface area contributed by atoms with Crippen molar-refractivity contribution in [2.24, 2.45) is 11.7 Å². The van der Waals surface area contributed by atoms with E-state index in [1.165, 1.54) is 24.1 Å². The molecule has 1 saturated heterocycles. The molecule has 82 valence electrons. The number of hydrogen-bond donors (Lipinski definition) is 1. The Hall–Kier alpha value is -1.09. The van der Waals surface area contributed by atoms with E-state index in [9.17, 15) is 0 Å². The molecule has 0 bridgehead atoms. The van der Waals surface area contributed by atoms with Crippen molar-refractivity contribution >= 4 is 5.69 Å². The molecule has 3 nitrogen and oxygen atoms in total. The summed E-state index contributed by atoms with van der Waals surface area (Å²) in [5.41, 5.74) is 8.17. The molecule has 0 aliphatic carbocycles. The molecule has 0 saturated carbocycles. The lowest BCUT2D eigenvalue weighted by molar-refractivity contribution is 0.437. The van der Waals surface area contributed by atoms with Gasteiger partial charge in [0.2, 0.25) is 0 Å². The fourth-order valence-corrected chi connectivity index (χ4v) is 2.12. The molecule has 1 aliphatic heterocycles. The van der Waals surface area contributed by atoms with E-state index in [-0.39, 0.29) is 0 Å². The summed E-state index contributed by atoms with van der Waals surface area (Å²) in [5, 5.41) is 0. The van der Waals surface area contributed by atoms with E-state index in [4.69, 9.17) is 5.73 Å². The normalized spacial score (nSPS) is 18.1. The van der Waals surface area contributed by atoms with Gasteiger partial charge in [0.05, 0.1) is 11.9 Å². The van der Waals surface area contributed by atoms with Gasteiger partial charge < -0.3 is 10.6 Å². The highest BCUT2D eigenvalue weighted by atomic mass is 15.1. The lowest BCUT2D eigenvalue weighted by Gasteiger charge is -2.33. The van der Waals surface area contributed by atoms with E-state index in [0.717, 1.165) is 19.0 Å². The van der Waals surface area contributed by atoms with Crippen LogP contribution in [0, 0.1) is 5.92 Å². The zero-order valence-corrected chi connectivity index (χ0v) is 9.32. The summed E-state index contributed by atoms with van der Waals surface area (Å²) in [4.78, 5) is 6.60. The topological polar surface area (TPSA) is 42.2 Å². The summed E-state index contributed by atoms with van der Waals surface area (Å²) >= 11 is 0. The minimum Gasteiger partial charge on any atom is -0.370 e. The predicted octanol–water partition coefficient (Wildman–Crippen LogP) is 1.78. The molecule has 0 atom stereocenters. The highest BCUT2D eigenvalue weighted by molar-refractivity contribution is 5.51. The van der Waals surface area contributed by atoms with Crippen LogP contribution in [0.25, 0.3) is 0 Å². The van der Waals surface area contributed by atoms with Gasteiger partial charge in [-0.05, 0) is 30.4 Å². The molecule has 1 aromatic rings. The fraction of sp³-hybridized carbons (Fsp3) is 0.583. The average molecular weight is 205 g/mol. The van der Waals surface area contributed by atoms with Crippen LogP contribution >= 0.6 is 0 Å².